The number of methoxy groups -OCH3 is 1. The Balaban J connectivity index is 2.11. The zero-order valence-corrected chi connectivity index (χ0v) is 13.7. The Morgan fingerprint density at radius 2 is 2.45 bits per heavy atom. The number of halogens is 1. The van der Waals surface area contributed by atoms with E-state index in [9.17, 15) is 0 Å². The first kappa shape index (κ1) is 15.9. The topological polar surface area (TPSA) is 65.5 Å². The van der Waals surface area contributed by atoms with Crippen molar-refractivity contribution in [2.75, 3.05) is 40.0 Å². The van der Waals surface area contributed by atoms with E-state index in [1.165, 1.54) is 0 Å². The van der Waals surface area contributed by atoms with E-state index in [-0.39, 0.29) is 12.1 Å². The maximum absolute atomic E-state index is 6.42. The monoisotopic (exact) mass is 346 g/mol. The van der Waals surface area contributed by atoms with Gasteiger partial charge in [-0.3, -0.25) is 9.58 Å². The maximum Gasteiger partial charge on any atom is 0.0910 e. The second-order valence-electron chi connectivity index (χ2n) is 4.92. The van der Waals surface area contributed by atoms with Gasteiger partial charge in [-0.05, 0) is 22.5 Å². The van der Waals surface area contributed by atoms with Gasteiger partial charge in [0.25, 0.3) is 0 Å². The largest absolute Gasteiger partial charge is 0.383 e. The Kier molecular flexibility index (Phi) is 5.98. The molecule has 1 fully saturated rings. The van der Waals surface area contributed by atoms with Gasteiger partial charge in [-0.25, -0.2) is 0 Å². The molecule has 0 aromatic carbocycles. The maximum atomic E-state index is 6.42. The lowest BCUT2D eigenvalue weighted by atomic mass is 10.1. The number of rotatable bonds is 6. The fraction of sp³-hybridized carbons (Fsp3) is 0.769. The average molecular weight is 347 g/mol. The second-order valence-corrected chi connectivity index (χ2v) is 5.78. The van der Waals surface area contributed by atoms with Gasteiger partial charge in [0.2, 0.25) is 0 Å². The number of aromatic nitrogens is 2. The van der Waals surface area contributed by atoms with Crippen molar-refractivity contribution in [2.24, 2.45) is 5.73 Å². The number of morpholine rings is 1. The van der Waals surface area contributed by atoms with E-state index in [2.05, 4.69) is 32.9 Å². The Labute approximate surface area is 128 Å². The highest BCUT2D eigenvalue weighted by molar-refractivity contribution is 9.10. The van der Waals surface area contributed by atoms with Crippen LogP contribution in [0.4, 0.5) is 0 Å². The molecule has 0 amide bonds. The summed E-state index contributed by atoms with van der Waals surface area (Å²) >= 11 is 3.54. The molecule has 114 valence electrons. The lowest BCUT2D eigenvalue weighted by Gasteiger charge is -2.35. The summed E-state index contributed by atoms with van der Waals surface area (Å²) in [5.41, 5.74) is 7.40. The van der Waals surface area contributed by atoms with Crippen molar-refractivity contribution in [3.05, 3.63) is 16.4 Å². The number of nitrogens with two attached hydrogens (primary N) is 1. The van der Waals surface area contributed by atoms with Gasteiger partial charge in [-0.15, -0.1) is 0 Å². The Morgan fingerprint density at radius 1 is 1.65 bits per heavy atom. The molecule has 2 atom stereocenters. The van der Waals surface area contributed by atoms with Crippen LogP contribution in [0.25, 0.3) is 0 Å². The van der Waals surface area contributed by atoms with Crippen molar-refractivity contribution in [1.29, 1.82) is 0 Å². The lowest BCUT2D eigenvalue weighted by molar-refractivity contribution is -0.0407. The summed E-state index contributed by atoms with van der Waals surface area (Å²) in [6.45, 7) is 7.05. The molecule has 1 aliphatic rings. The van der Waals surface area contributed by atoms with E-state index >= 15 is 0 Å². The molecule has 0 radical (unpaired) electrons. The van der Waals surface area contributed by atoms with Crippen molar-refractivity contribution in [1.82, 2.24) is 14.7 Å². The molecule has 2 rings (SSSR count). The highest BCUT2D eigenvalue weighted by Crippen LogP contribution is 2.26. The van der Waals surface area contributed by atoms with Crippen LogP contribution in [-0.2, 0) is 16.0 Å². The van der Waals surface area contributed by atoms with Crippen LogP contribution in [0.1, 0.15) is 18.7 Å². The molecule has 0 aliphatic carbocycles. The van der Waals surface area contributed by atoms with Gasteiger partial charge in [0, 0.05) is 20.2 Å². The van der Waals surface area contributed by atoms with Gasteiger partial charge in [-0.2, -0.15) is 5.10 Å². The quantitative estimate of drug-likeness (QED) is 0.832. The average Bonchev–Trinajstić information content (AvgIpc) is 2.85. The number of nitrogens with zero attached hydrogens (tertiary/aromatic N) is 3. The summed E-state index contributed by atoms with van der Waals surface area (Å²) in [5, 5.41) is 4.35. The molecule has 1 saturated heterocycles. The highest BCUT2D eigenvalue weighted by Gasteiger charge is 2.29. The number of likely N-dealkylation sites (N-methyl/N-ethyl adjacent to an activating group) is 1. The molecule has 1 aromatic heterocycles. The predicted octanol–water partition coefficient (Wildman–Crippen LogP) is 1.01. The van der Waals surface area contributed by atoms with Crippen LogP contribution in [-0.4, -0.2) is 60.7 Å². The first-order valence-corrected chi connectivity index (χ1v) is 7.76. The molecule has 0 saturated carbocycles. The summed E-state index contributed by atoms with van der Waals surface area (Å²) in [6.07, 6.45) is 1.78. The smallest absolute Gasteiger partial charge is 0.0910 e. The molecule has 2 unspecified atom stereocenters. The summed E-state index contributed by atoms with van der Waals surface area (Å²) in [4.78, 5) is 2.36. The number of hydrogen-bond acceptors (Lipinski definition) is 5. The second kappa shape index (κ2) is 7.51. The first-order valence-electron chi connectivity index (χ1n) is 6.97. The van der Waals surface area contributed by atoms with Gasteiger partial charge in [0.05, 0.1) is 48.3 Å². The third-order valence-corrected chi connectivity index (χ3v) is 4.29. The predicted molar refractivity (Wildman–Crippen MR) is 80.6 cm³/mol. The summed E-state index contributed by atoms with van der Waals surface area (Å²) in [6, 6.07) is -0.196. The van der Waals surface area contributed by atoms with E-state index in [1.807, 2.05) is 4.68 Å². The summed E-state index contributed by atoms with van der Waals surface area (Å²) in [7, 11) is 1.68. The van der Waals surface area contributed by atoms with Crippen molar-refractivity contribution < 1.29 is 9.47 Å². The number of ether oxygens (including phenoxy) is 2. The molecule has 0 spiro atoms. The summed E-state index contributed by atoms with van der Waals surface area (Å²) < 4.78 is 13.8. The molecule has 2 N–H and O–H groups in total. The first-order chi connectivity index (χ1) is 9.67. The van der Waals surface area contributed by atoms with Crippen molar-refractivity contribution >= 4 is 15.9 Å². The van der Waals surface area contributed by atoms with Crippen molar-refractivity contribution in [3.63, 3.8) is 0 Å². The third-order valence-electron chi connectivity index (χ3n) is 3.68. The van der Waals surface area contributed by atoms with Gasteiger partial charge >= 0.3 is 0 Å². The van der Waals surface area contributed by atoms with E-state index in [1.54, 1.807) is 13.3 Å². The SMILES string of the molecule is CCN1CCOC(C(N)c2c(Br)cnn2CCOC)C1. The van der Waals surface area contributed by atoms with Gasteiger partial charge in [0.15, 0.2) is 0 Å². The Hall–Kier alpha value is -0.470. The van der Waals surface area contributed by atoms with Crippen LogP contribution in [0.2, 0.25) is 0 Å². The van der Waals surface area contributed by atoms with Crippen LogP contribution in [0.3, 0.4) is 0 Å². The molecule has 1 aromatic rings. The van der Waals surface area contributed by atoms with E-state index in [0.29, 0.717) is 13.2 Å². The van der Waals surface area contributed by atoms with Gasteiger partial charge in [0.1, 0.15) is 0 Å². The zero-order chi connectivity index (χ0) is 14.5. The third kappa shape index (κ3) is 3.59. The zero-order valence-electron chi connectivity index (χ0n) is 12.1. The molecule has 0 bridgehead atoms. The molecule has 2 heterocycles. The van der Waals surface area contributed by atoms with Crippen LogP contribution in [0.5, 0.6) is 0 Å². The number of hydrogen-bond donors (Lipinski definition) is 1. The Morgan fingerprint density at radius 3 is 3.15 bits per heavy atom. The van der Waals surface area contributed by atoms with Crippen LogP contribution in [0, 0.1) is 0 Å². The van der Waals surface area contributed by atoms with Crippen molar-refractivity contribution in [3.8, 4) is 0 Å². The molecule has 6 nitrogen and oxygen atoms in total. The van der Waals surface area contributed by atoms with Crippen LogP contribution >= 0.6 is 15.9 Å². The fourth-order valence-corrected chi connectivity index (χ4v) is 3.03. The highest BCUT2D eigenvalue weighted by atomic mass is 79.9. The lowest BCUT2D eigenvalue weighted by Crippen LogP contribution is -2.47. The van der Waals surface area contributed by atoms with Crippen LogP contribution in [0.15, 0.2) is 10.7 Å². The molecule has 7 heteroatoms. The molecular formula is C13H23BrN4O2. The molecule has 1 aliphatic heterocycles. The van der Waals surface area contributed by atoms with E-state index < -0.39 is 0 Å². The fourth-order valence-electron chi connectivity index (χ4n) is 2.47. The standard InChI is InChI=1S/C13H23BrN4O2/c1-3-17-4-7-20-11(9-17)12(15)13-10(14)8-16-18(13)5-6-19-2/h8,11-12H,3-7,9,15H2,1-2H3. The summed E-state index contributed by atoms with van der Waals surface area (Å²) in [5.74, 6) is 0. The van der Waals surface area contributed by atoms with E-state index in [0.717, 1.165) is 36.4 Å². The Bertz CT molecular complexity index is 427. The molecule has 20 heavy (non-hydrogen) atoms. The minimum absolute atomic E-state index is 0.00186. The van der Waals surface area contributed by atoms with Gasteiger partial charge in [-0.1, -0.05) is 6.92 Å². The minimum Gasteiger partial charge on any atom is -0.383 e. The van der Waals surface area contributed by atoms with Crippen LogP contribution < -0.4 is 5.73 Å². The van der Waals surface area contributed by atoms with E-state index in [4.69, 9.17) is 15.2 Å². The van der Waals surface area contributed by atoms with Gasteiger partial charge < -0.3 is 15.2 Å². The molecular weight excluding hydrogens is 324 g/mol. The van der Waals surface area contributed by atoms with Crippen molar-refractivity contribution in [2.45, 2.75) is 25.6 Å². The normalized spacial score (nSPS) is 22.1. The minimum atomic E-state index is -0.196.